The lowest BCUT2D eigenvalue weighted by molar-refractivity contribution is -0.274. The van der Waals surface area contributed by atoms with Crippen LogP contribution in [0.1, 0.15) is 17.9 Å². The highest BCUT2D eigenvalue weighted by molar-refractivity contribution is 5.82. The van der Waals surface area contributed by atoms with Crippen LogP contribution in [0, 0.1) is 5.92 Å². The van der Waals surface area contributed by atoms with E-state index in [0.29, 0.717) is 12.0 Å². The molecule has 2 atom stereocenters. The Morgan fingerprint density at radius 1 is 1.37 bits per heavy atom. The molecule has 0 saturated heterocycles. The number of carbonyl (C=O) groups is 1. The minimum absolute atomic E-state index is 0.257. The Morgan fingerprint density at radius 3 is 2.68 bits per heavy atom. The van der Waals surface area contributed by atoms with Gasteiger partial charge in [-0.15, -0.1) is 13.2 Å². The zero-order valence-corrected chi connectivity index (χ0v) is 10.0. The molecule has 104 valence electrons. The predicted octanol–water partition coefficient (Wildman–Crippen LogP) is 2.37. The predicted molar refractivity (Wildman–Crippen MR) is 59.1 cm³/mol. The number of carbonyl (C=O) groups excluding carboxylic acids is 1. The molecule has 1 N–H and O–H groups in total. The maximum atomic E-state index is 12.3. The van der Waals surface area contributed by atoms with Crippen LogP contribution in [0.5, 0.6) is 5.75 Å². The van der Waals surface area contributed by atoms with Crippen LogP contribution in [0.15, 0.2) is 24.3 Å². The number of para-hydroxylation sites is 1. The third kappa shape index (κ3) is 3.37. The smallest absolute Gasteiger partial charge is 0.405 e. The Labute approximate surface area is 107 Å². The van der Waals surface area contributed by atoms with Crippen molar-refractivity contribution < 1.29 is 27.5 Å². The molecule has 1 amide bonds. The number of benzene rings is 1. The Kier molecular flexibility index (Phi) is 3.66. The number of halogens is 3. The number of ether oxygens (including phenoxy) is 1. The van der Waals surface area contributed by atoms with Gasteiger partial charge in [-0.05, 0) is 24.0 Å². The Hall–Kier alpha value is -1.76. The molecule has 1 aliphatic carbocycles. The summed E-state index contributed by atoms with van der Waals surface area (Å²) in [4.78, 5) is 16.0. The highest BCUT2D eigenvalue weighted by atomic mass is 19.4. The SMILES string of the molecule is CONC(=O)C1CC1c1ccccc1OC(F)(F)F. The van der Waals surface area contributed by atoms with E-state index in [1.165, 1.54) is 25.3 Å². The molecule has 1 aromatic carbocycles. The van der Waals surface area contributed by atoms with Crippen molar-refractivity contribution in [3.05, 3.63) is 29.8 Å². The number of alkyl halides is 3. The van der Waals surface area contributed by atoms with Gasteiger partial charge in [0.1, 0.15) is 5.75 Å². The van der Waals surface area contributed by atoms with Crippen LogP contribution in [-0.4, -0.2) is 19.4 Å². The van der Waals surface area contributed by atoms with Crippen LogP contribution >= 0.6 is 0 Å². The first-order valence-electron chi connectivity index (χ1n) is 5.60. The summed E-state index contributed by atoms with van der Waals surface area (Å²) in [5.74, 6) is -1.24. The fourth-order valence-corrected chi connectivity index (χ4v) is 2.01. The summed E-state index contributed by atoms with van der Waals surface area (Å²) < 4.78 is 40.7. The quantitative estimate of drug-likeness (QED) is 0.858. The maximum absolute atomic E-state index is 12.3. The molecular weight excluding hydrogens is 263 g/mol. The van der Waals surface area contributed by atoms with Gasteiger partial charge in [-0.1, -0.05) is 18.2 Å². The molecule has 4 nitrogen and oxygen atoms in total. The Balaban J connectivity index is 2.12. The molecule has 0 heterocycles. The number of hydrogen-bond donors (Lipinski definition) is 1. The molecule has 7 heteroatoms. The van der Waals surface area contributed by atoms with E-state index in [2.05, 4.69) is 15.1 Å². The lowest BCUT2D eigenvalue weighted by Gasteiger charge is -2.12. The minimum Gasteiger partial charge on any atom is -0.405 e. The van der Waals surface area contributed by atoms with Gasteiger partial charge in [0.05, 0.1) is 7.11 Å². The molecule has 0 spiro atoms. The van der Waals surface area contributed by atoms with Gasteiger partial charge in [0.15, 0.2) is 0 Å². The van der Waals surface area contributed by atoms with E-state index in [0.717, 1.165) is 0 Å². The highest BCUT2D eigenvalue weighted by Gasteiger charge is 2.46. The van der Waals surface area contributed by atoms with E-state index >= 15 is 0 Å². The van der Waals surface area contributed by atoms with E-state index in [1.807, 2.05) is 0 Å². The van der Waals surface area contributed by atoms with E-state index in [1.54, 1.807) is 6.07 Å². The topological polar surface area (TPSA) is 47.6 Å². The Bertz CT molecular complexity index is 476. The monoisotopic (exact) mass is 275 g/mol. The van der Waals surface area contributed by atoms with Gasteiger partial charge in [0.2, 0.25) is 5.91 Å². The molecule has 0 aliphatic heterocycles. The lowest BCUT2D eigenvalue weighted by Crippen LogP contribution is -2.24. The van der Waals surface area contributed by atoms with Crippen molar-refractivity contribution in [3.8, 4) is 5.75 Å². The van der Waals surface area contributed by atoms with Crippen molar-refractivity contribution in [1.29, 1.82) is 0 Å². The van der Waals surface area contributed by atoms with Crippen LogP contribution in [0.25, 0.3) is 0 Å². The molecule has 1 aromatic rings. The van der Waals surface area contributed by atoms with Crippen molar-refractivity contribution in [1.82, 2.24) is 5.48 Å². The second-order valence-electron chi connectivity index (χ2n) is 4.20. The maximum Gasteiger partial charge on any atom is 0.573 e. The van der Waals surface area contributed by atoms with Crippen molar-refractivity contribution in [2.75, 3.05) is 7.11 Å². The van der Waals surface area contributed by atoms with Crippen LogP contribution in [0.3, 0.4) is 0 Å². The summed E-state index contributed by atoms with van der Waals surface area (Å²) >= 11 is 0. The summed E-state index contributed by atoms with van der Waals surface area (Å²) in [5, 5.41) is 0. The van der Waals surface area contributed by atoms with Crippen LogP contribution in [0.4, 0.5) is 13.2 Å². The van der Waals surface area contributed by atoms with Crippen LogP contribution in [0.2, 0.25) is 0 Å². The van der Waals surface area contributed by atoms with Gasteiger partial charge in [-0.3, -0.25) is 9.63 Å². The van der Waals surface area contributed by atoms with Gasteiger partial charge in [-0.2, -0.15) is 0 Å². The van der Waals surface area contributed by atoms with Gasteiger partial charge >= 0.3 is 6.36 Å². The fraction of sp³-hybridized carbons (Fsp3) is 0.417. The van der Waals surface area contributed by atoms with E-state index in [9.17, 15) is 18.0 Å². The molecule has 19 heavy (non-hydrogen) atoms. The number of rotatable bonds is 4. The summed E-state index contributed by atoms with van der Waals surface area (Å²) in [6.45, 7) is 0. The summed E-state index contributed by atoms with van der Waals surface area (Å²) in [6, 6.07) is 5.84. The van der Waals surface area contributed by atoms with Gasteiger partial charge in [0, 0.05) is 5.92 Å². The zero-order chi connectivity index (χ0) is 14.0. The van der Waals surface area contributed by atoms with Crippen molar-refractivity contribution in [2.45, 2.75) is 18.7 Å². The lowest BCUT2D eigenvalue weighted by atomic mass is 10.1. The summed E-state index contributed by atoms with van der Waals surface area (Å²) in [6.07, 6.45) is -4.26. The first kappa shape index (κ1) is 13.7. The average Bonchev–Trinajstić information content (AvgIpc) is 3.08. The van der Waals surface area contributed by atoms with Crippen molar-refractivity contribution >= 4 is 5.91 Å². The van der Waals surface area contributed by atoms with Crippen LogP contribution in [-0.2, 0) is 9.63 Å². The van der Waals surface area contributed by atoms with Gasteiger partial charge < -0.3 is 4.74 Å². The first-order chi connectivity index (χ1) is 8.92. The fourth-order valence-electron chi connectivity index (χ4n) is 2.01. The molecule has 1 aliphatic rings. The first-order valence-corrected chi connectivity index (χ1v) is 5.60. The minimum atomic E-state index is -4.74. The van der Waals surface area contributed by atoms with E-state index in [-0.39, 0.29) is 23.5 Å². The molecular formula is C12H12F3NO3. The van der Waals surface area contributed by atoms with E-state index < -0.39 is 6.36 Å². The van der Waals surface area contributed by atoms with Crippen molar-refractivity contribution in [2.24, 2.45) is 5.92 Å². The third-order valence-corrected chi connectivity index (χ3v) is 2.87. The molecule has 0 bridgehead atoms. The zero-order valence-electron chi connectivity index (χ0n) is 10.0. The number of hydrogen-bond acceptors (Lipinski definition) is 3. The normalized spacial score (nSPS) is 21.9. The summed E-state index contributed by atoms with van der Waals surface area (Å²) in [7, 11) is 1.30. The number of nitrogens with one attached hydrogen (secondary N) is 1. The van der Waals surface area contributed by atoms with Crippen LogP contribution < -0.4 is 10.2 Å². The van der Waals surface area contributed by atoms with Gasteiger partial charge in [-0.25, -0.2) is 5.48 Å². The number of amides is 1. The third-order valence-electron chi connectivity index (χ3n) is 2.87. The Morgan fingerprint density at radius 2 is 2.05 bits per heavy atom. The second-order valence-corrected chi connectivity index (χ2v) is 4.20. The standard InChI is InChI=1S/C12H12F3NO3/c1-18-16-11(17)9-6-8(9)7-4-2-3-5-10(7)19-12(13,14)15/h2-5,8-9H,6H2,1H3,(H,16,17). The summed E-state index contributed by atoms with van der Waals surface area (Å²) in [5.41, 5.74) is 2.56. The largest absolute Gasteiger partial charge is 0.573 e. The molecule has 1 fully saturated rings. The highest BCUT2D eigenvalue weighted by Crippen LogP contribution is 2.50. The molecule has 2 rings (SSSR count). The van der Waals surface area contributed by atoms with E-state index in [4.69, 9.17) is 0 Å². The molecule has 1 saturated carbocycles. The van der Waals surface area contributed by atoms with Gasteiger partial charge in [0.25, 0.3) is 0 Å². The molecule has 0 aromatic heterocycles. The second kappa shape index (κ2) is 5.08. The molecule has 2 unspecified atom stereocenters. The molecule has 0 radical (unpaired) electrons. The van der Waals surface area contributed by atoms with Crippen molar-refractivity contribution in [3.63, 3.8) is 0 Å². The average molecular weight is 275 g/mol. The number of hydroxylamine groups is 1.